The number of methoxy groups -OCH3 is 1. The SMILES string of the molecule is COC(=O)N1CCN(c2ccc(Nc3nc(NC4CC4)ncc3F)cc2)CC1. The second kappa shape index (κ2) is 7.87. The van der Waals surface area contributed by atoms with Gasteiger partial charge in [0.1, 0.15) is 0 Å². The third-order valence-electron chi connectivity index (χ3n) is 4.86. The van der Waals surface area contributed by atoms with E-state index in [1.807, 2.05) is 24.3 Å². The van der Waals surface area contributed by atoms with Crippen molar-refractivity contribution in [3.05, 3.63) is 36.3 Å². The maximum atomic E-state index is 14.0. The maximum Gasteiger partial charge on any atom is 0.409 e. The minimum Gasteiger partial charge on any atom is -0.453 e. The van der Waals surface area contributed by atoms with Crippen LogP contribution in [-0.2, 0) is 4.74 Å². The molecule has 0 bridgehead atoms. The average molecular weight is 386 g/mol. The van der Waals surface area contributed by atoms with E-state index in [1.165, 1.54) is 13.3 Å². The average Bonchev–Trinajstić information content (AvgIpc) is 3.55. The molecule has 2 aromatic rings. The molecule has 2 aliphatic rings. The van der Waals surface area contributed by atoms with Crippen LogP contribution in [0.3, 0.4) is 0 Å². The second-order valence-corrected chi connectivity index (χ2v) is 6.92. The van der Waals surface area contributed by atoms with E-state index in [-0.39, 0.29) is 11.9 Å². The van der Waals surface area contributed by atoms with Crippen molar-refractivity contribution >= 4 is 29.2 Å². The third kappa shape index (κ3) is 4.24. The number of benzene rings is 1. The summed E-state index contributed by atoms with van der Waals surface area (Å²) in [6.45, 7) is 2.71. The molecular weight excluding hydrogens is 363 g/mol. The Morgan fingerprint density at radius 1 is 1.18 bits per heavy atom. The second-order valence-electron chi connectivity index (χ2n) is 6.92. The van der Waals surface area contributed by atoms with Gasteiger partial charge in [-0.2, -0.15) is 4.98 Å². The Hall–Kier alpha value is -3.10. The molecule has 0 atom stereocenters. The number of piperazine rings is 1. The van der Waals surface area contributed by atoms with Gasteiger partial charge in [-0.25, -0.2) is 14.2 Å². The van der Waals surface area contributed by atoms with E-state index in [9.17, 15) is 9.18 Å². The van der Waals surface area contributed by atoms with Crippen molar-refractivity contribution in [2.24, 2.45) is 0 Å². The van der Waals surface area contributed by atoms with Gasteiger partial charge in [-0.1, -0.05) is 0 Å². The normalized spacial score (nSPS) is 16.6. The van der Waals surface area contributed by atoms with Crippen molar-refractivity contribution in [3.8, 4) is 0 Å². The number of amides is 1. The van der Waals surface area contributed by atoms with Crippen molar-refractivity contribution in [1.29, 1.82) is 0 Å². The highest BCUT2D eigenvalue weighted by Crippen LogP contribution is 2.26. The number of hydrogen-bond acceptors (Lipinski definition) is 7. The Kier molecular flexibility index (Phi) is 5.14. The molecule has 148 valence electrons. The summed E-state index contributed by atoms with van der Waals surface area (Å²) in [6.07, 6.45) is 3.08. The van der Waals surface area contributed by atoms with Crippen LogP contribution in [0.1, 0.15) is 12.8 Å². The van der Waals surface area contributed by atoms with Crippen LogP contribution >= 0.6 is 0 Å². The standard InChI is InChI=1S/C19H23FN6O2/c1-28-19(27)26-10-8-25(9-11-26)15-6-4-13(5-7-15)22-17-16(20)12-21-18(24-17)23-14-2-3-14/h4-7,12,14H,2-3,8-11H2,1H3,(H2,21,22,23,24). The van der Waals surface area contributed by atoms with Crippen LogP contribution in [-0.4, -0.2) is 60.3 Å². The van der Waals surface area contributed by atoms with E-state index in [1.54, 1.807) is 4.90 Å². The number of carbonyl (C=O) groups is 1. The monoisotopic (exact) mass is 386 g/mol. The van der Waals surface area contributed by atoms with Crippen LogP contribution in [0.2, 0.25) is 0 Å². The summed E-state index contributed by atoms with van der Waals surface area (Å²) in [4.78, 5) is 23.7. The molecule has 0 radical (unpaired) electrons. The van der Waals surface area contributed by atoms with Gasteiger partial charge in [0.05, 0.1) is 13.3 Å². The molecule has 4 rings (SSSR count). The van der Waals surface area contributed by atoms with Crippen LogP contribution in [0.5, 0.6) is 0 Å². The summed E-state index contributed by atoms with van der Waals surface area (Å²) in [6, 6.07) is 8.11. The number of anilines is 4. The first kappa shape index (κ1) is 18.3. The maximum absolute atomic E-state index is 14.0. The first-order chi connectivity index (χ1) is 13.6. The molecular formula is C19H23FN6O2. The van der Waals surface area contributed by atoms with E-state index < -0.39 is 5.82 Å². The molecule has 1 aliphatic carbocycles. The van der Waals surface area contributed by atoms with Crippen molar-refractivity contribution < 1.29 is 13.9 Å². The summed E-state index contributed by atoms with van der Waals surface area (Å²) >= 11 is 0. The van der Waals surface area contributed by atoms with Crippen LogP contribution in [0.25, 0.3) is 0 Å². The summed E-state index contributed by atoms with van der Waals surface area (Å²) in [5.41, 5.74) is 1.79. The van der Waals surface area contributed by atoms with Crippen LogP contribution in [0.15, 0.2) is 30.5 Å². The Labute approximate surface area is 162 Å². The number of ether oxygens (including phenoxy) is 1. The number of carbonyl (C=O) groups excluding carboxylic acids is 1. The predicted molar refractivity (Wildman–Crippen MR) is 105 cm³/mol. The molecule has 2 fully saturated rings. The number of hydrogen-bond donors (Lipinski definition) is 2. The van der Waals surface area contributed by atoms with Crippen LogP contribution in [0.4, 0.5) is 32.3 Å². The van der Waals surface area contributed by atoms with Gasteiger partial charge in [0.25, 0.3) is 0 Å². The molecule has 8 nitrogen and oxygen atoms in total. The zero-order chi connectivity index (χ0) is 19.5. The van der Waals surface area contributed by atoms with Gasteiger partial charge in [-0.05, 0) is 37.1 Å². The number of rotatable bonds is 5. The fourth-order valence-electron chi connectivity index (χ4n) is 3.10. The highest BCUT2D eigenvalue weighted by atomic mass is 19.1. The molecule has 1 amide bonds. The van der Waals surface area contributed by atoms with Crippen molar-refractivity contribution in [1.82, 2.24) is 14.9 Å². The number of nitrogens with zero attached hydrogens (tertiary/aromatic N) is 4. The Morgan fingerprint density at radius 2 is 1.89 bits per heavy atom. The topological polar surface area (TPSA) is 82.6 Å². The molecule has 1 aliphatic heterocycles. The van der Waals surface area contributed by atoms with Crippen molar-refractivity contribution in [2.45, 2.75) is 18.9 Å². The summed E-state index contributed by atoms with van der Waals surface area (Å²) in [7, 11) is 1.39. The van der Waals surface area contributed by atoms with Crippen molar-refractivity contribution in [2.75, 3.05) is 48.8 Å². The van der Waals surface area contributed by atoms with Gasteiger partial charge in [0.2, 0.25) is 5.95 Å². The first-order valence-corrected chi connectivity index (χ1v) is 9.36. The first-order valence-electron chi connectivity index (χ1n) is 9.36. The molecule has 1 saturated heterocycles. The molecule has 2 heterocycles. The minimum absolute atomic E-state index is 0.151. The fraction of sp³-hybridized carbons (Fsp3) is 0.421. The highest BCUT2D eigenvalue weighted by molar-refractivity contribution is 5.68. The molecule has 1 aromatic heterocycles. The Morgan fingerprint density at radius 3 is 2.54 bits per heavy atom. The highest BCUT2D eigenvalue weighted by Gasteiger charge is 2.23. The third-order valence-corrected chi connectivity index (χ3v) is 4.86. The Balaban J connectivity index is 1.38. The molecule has 1 aromatic carbocycles. The number of nitrogens with one attached hydrogen (secondary N) is 2. The van der Waals surface area contributed by atoms with E-state index in [0.29, 0.717) is 25.1 Å². The Bertz CT molecular complexity index is 835. The van der Waals surface area contributed by atoms with Crippen molar-refractivity contribution in [3.63, 3.8) is 0 Å². The van der Waals surface area contributed by atoms with Gasteiger partial charge in [0.15, 0.2) is 11.6 Å². The van der Waals surface area contributed by atoms with Gasteiger partial charge < -0.3 is 25.2 Å². The quantitative estimate of drug-likeness (QED) is 0.818. The van der Waals surface area contributed by atoms with Gasteiger partial charge >= 0.3 is 6.09 Å². The smallest absolute Gasteiger partial charge is 0.409 e. The zero-order valence-electron chi connectivity index (χ0n) is 15.7. The van der Waals surface area contributed by atoms with Gasteiger partial charge in [0, 0.05) is 43.6 Å². The fourth-order valence-corrected chi connectivity index (χ4v) is 3.10. The lowest BCUT2D eigenvalue weighted by Gasteiger charge is -2.35. The molecule has 0 unspecified atom stereocenters. The number of aromatic nitrogens is 2. The molecule has 0 spiro atoms. The van der Waals surface area contributed by atoms with Crippen LogP contribution in [0, 0.1) is 5.82 Å². The van der Waals surface area contributed by atoms with E-state index in [2.05, 4.69) is 25.5 Å². The number of halogens is 1. The molecule has 1 saturated carbocycles. The van der Waals surface area contributed by atoms with E-state index >= 15 is 0 Å². The van der Waals surface area contributed by atoms with Crippen LogP contribution < -0.4 is 15.5 Å². The van der Waals surface area contributed by atoms with Gasteiger partial charge in [-0.15, -0.1) is 0 Å². The lowest BCUT2D eigenvalue weighted by Crippen LogP contribution is -2.48. The predicted octanol–water partition coefficient (Wildman–Crippen LogP) is 2.82. The largest absolute Gasteiger partial charge is 0.453 e. The van der Waals surface area contributed by atoms with Gasteiger partial charge in [-0.3, -0.25) is 0 Å². The zero-order valence-corrected chi connectivity index (χ0v) is 15.7. The molecule has 9 heteroatoms. The molecule has 2 N–H and O–H groups in total. The summed E-state index contributed by atoms with van der Waals surface area (Å²) in [5, 5.41) is 6.18. The lowest BCUT2D eigenvalue weighted by atomic mass is 10.2. The summed E-state index contributed by atoms with van der Waals surface area (Å²) in [5.74, 6) is 0.0912. The van der Waals surface area contributed by atoms with E-state index in [4.69, 9.17) is 4.74 Å². The van der Waals surface area contributed by atoms with E-state index in [0.717, 1.165) is 37.3 Å². The lowest BCUT2D eigenvalue weighted by molar-refractivity contribution is 0.121. The molecule has 28 heavy (non-hydrogen) atoms. The summed E-state index contributed by atoms with van der Waals surface area (Å²) < 4.78 is 18.8. The minimum atomic E-state index is -0.496.